The first-order valence-electron chi connectivity index (χ1n) is 7.31. The third kappa shape index (κ3) is 4.73. The summed E-state index contributed by atoms with van der Waals surface area (Å²) in [4.78, 5) is 38.2. The maximum absolute atomic E-state index is 11.2. The fourth-order valence-electron chi connectivity index (χ4n) is 1.91. The number of halogens is 1. The van der Waals surface area contributed by atoms with E-state index >= 15 is 0 Å². The number of hydrogen-bond donors (Lipinski definition) is 0. The summed E-state index contributed by atoms with van der Waals surface area (Å²) in [5, 5.41) is 2.62. The second-order valence-electron chi connectivity index (χ2n) is 4.87. The maximum Gasteiger partial charge on any atom is 0.352 e. The molecule has 0 unspecified atom stereocenters. The summed E-state index contributed by atoms with van der Waals surface area (Å²) in [6, 6.07) is 4.64. The van der Waals surface area contributed by atoms with Gasteiger partial charge in [-0.05, 0) is 40.6 Å². The Kier molecular flexibility index (Phi) is 6.24. The SMILES string of the molecule is CSc1ncc2cc(Br)c(=O)oc2n1.CSc1ncc2ccc(=O)oc2n1. The van der Waals surface area contributed by atoms with Gasteiger partial charge in [0.1, 0.15) is 4.47 Å². The standard InChI is InChI=1S/C8H5BrN2O2S.C8H6N2O2S/c1-14-8-10-3-4-2-5(9)7(12)13-6(4)11-8;1-13-8-9-4-5-2-3-6(11)12-7(5)10-8/h2-3H,1H3;2-4H,1H3. The molecule has 0 aliphatic carbocycles. The Hall–Kier alpha value is -2.24. The number of fused-ring (bicyclic) bond motifs is 2. The van der Waals surface area contributed by atoms with Crippen LogP contribution in [-0.2, 0) is 0 Å². The summed E-state index contributed by atoms with van der Waals surface area (Å²) in [6.45, 7) is 0. The van der Waals surface area contributed by atoms with Gasteiger partial charge in [-0.3, -0.25) is 0 Å². The highest BCUT2D eigenvalue weighted by molar-refractivity contribution is 9.10. The van der Waals surface area contributed by atoms with Crippen molar-refractivity contribution in [2.24, 2.45) is 0 Å². The van der Waals surface area contributed by atoms with Crippen LogP contribution in [0.5, 0.6) is 0 Å². The van der Waals surface area contributed by atoms with E-state index in [0.29, 0.717) is 31.6 Å². The number of rotatable bonds is 2. The van der Waals surface area contributed by atoms with Crippen LogP contribution in [0.2, 0.25) is 0 Å². The molecule has 0 radical (unpaired) electrons. The van der Waals surface area contributed by atoms with E-state index < -0.39 is 11.3 Å². The Labute approximate surface area is 169 Å². The molecule has 4 aromatic rings. The zero-order chi connectivity index (χ0) is 19.4. The Morgan fingerprint density at radius 3 is 2.11 bits per heavy atom. The van der Waals surface area contributed by atoms with Gasteiger partial charge in [0.05, 0.1) is 10.8 Å². The van der Waals surface area contributed by atoms with Gasteiger partial charge in [0, 0.05) is 18.5 Å². The molecule has 4 aromatic heterocycles. The lowest BCUT2D eigenvalue weighted by molar-refractivity contribution is 0.540. The van der Waals surface area contributed by atoms with Gasteiger partial charge in [-0.1, -0.05) is 23.5 Å². The van der Waals surface area contributed by atoms with Gasteiger partial charge in [-0.25, -0.2) is 19.6 Å². The average molecular weight is 467 g/mol. The van der Waals surface area contributed by atoms with Crippen LogP contribution >= 0.6 is 39.5 Å². The van der Waals surface area contributed by atoms with Gasteiger partial charge in [0.15, 0.2) is 10.3 Å². The minimum absolute atomic E-state index is 0.317. The van der Waals surface area contributed by atoms with Gasteiger partial charge in [-0.2, -0.15) is 9.97 Å². The molecule has 0 spiro atoms. The normalized spacial score (nSPS) is 10.6. The first kappa shape index (κ1) is 19.5. The molecule has 0 N–H and O–H groups in total. The molecular formula is C16H11BrN4O4S2. The largest absolute Gasteiger partial charge is 0.403 e. The lowest BCUT2D eigenvalue weighted by atomic mass is 10.4. The van der Waals surface area contributed by atoms with Crippen molar-refractivity contribution in [1.82, 2.24) is 19.9 Å². The van der Waals surface area contributed by atoms with Crippen LogP contribution in [0.25, 0.3) is 22.2 Å². The third-order valence-corrected chi connectivity index (χ3v) is 4.82. The number of thioether (sulfide) groups is 2. The molecule has 0 aliphatic heterocycles. The molecule has 0 atom stereocenters. The minimum atomic E-state index is -0.428. The first-order chi connectivity index (χ1) is 13.0. The van der Waals surface area contributed by atoms with Crippen LogP contribution in [-0.4, -0.2) is 32.4 Å². The summed E-state index contributed by atoms with van der Waals surface area (Å²) in [5.41, 5.74) is -0.161. The van der Waals surface area contributed by atoms with Gasteiger partial charge in [0.2, 0.25) is 11.4 Å². The summed E-state index contributed by atoms with van der Waals surface area (Å²) in [6.07, 6.45) is 6.99. The van der Waals surface area contributed by atoms with Gasteiger partial charge in [-0.15, -0.1) is 0 Å². The minimum Gasteiger partial charge on any atom is -0.403 e. The molecule has 0 bridgehead atoms. The first-order valence-corrected chi connectivity index (χ1v) is 10.6. The Balaban J connectivity index is 0.000000156. The number of nitrogens with zero attached hydrogens (tertiary/aromatic N) is 4. The fraction of sp³-hybridized carbons (Fsp3) is 0.125. The molecular weight excluding hydrogens is 456 g/mol. The van der Waals surface area contributed by atoms with E-state index in [4.69, 9.17) is 8.83 Å². The molecule has 27 heavy (non-hydrogen) atoms. The fourth-order valence-corrected chi connectivity index (χ4v) is 2.91. The number of hydrogen-bond acceptors (Lipinski definition) is 10. The Morgan fingerprint density at radius 2 is 1.48 bits per heavy atom. The summed E-state index contributed by atoms with van der Waals surface area (Å²) in [7, 11) is 0. The van der Waals surface area contributed by atoms with E-state index in [1.165, 1.54) is 29.6 Å². The highest BCUT2D eigenvalue weighted by Gasteiger charge is 2.05. The van der Waals surface area contributed by atoms with E-state index in [1.807, 2.05) is 12.5 Å². The monoisotopic (exact) mass is 466 g/mol. The second kappa shape index (κ2) is 8.63. The van der Waals surface area contributed by atoms with Crippen LogP contribution in [0.15, 0.2) is 63.8 Å². The van der Waals surface area contributed by atoms with Crippen molar-refractivity contribution in [3.8, 4) is 0 Å². The molecule has 0 saturated carbocycles. The quantitative estimate of drug-likeness (QED) is 0.321. The second-order valence-corrected chi connectivity index (χ2v) is 7.27. The van der Waals surface area contributed by atoms with Crippen LogP contribution in [0.3, 0.4) is 0 Å². The van der Waals surface area contributed by atoms with E-state index in [0.717, 1.165) is 5.39 Å². The van der Waals surface area contributed by atoms with Crippen molar-refractivity contribution in [3.05, 3.63) is 55.9 Å². The summed E-state index contributed by atoms with van der Waals surface area (Å²) in [5.74, 6) is 0. The third-order valence-electron chi connectivity index (χ3n) is 3.14. The zero-order valence-corrected chi connectivity index (χ0v) is 17.2. The molecule has 0 saturated heterocycles. The molecule has 8 nitrogen and oxygen atoms in total. The van der Waals surface area contributed by atoms with E-state index in [2.05, 4.69) is 35.9 Å². The zero-order valence-electron chi connectivity index (χ0n) is 14.0. The van der Waals surface area contributed by atoms with Gasteiger partial charge >= 0.3 is 11.3 Å². The van der Waals surface area contributed by atoms with Crippen molar-refractivity contribution in [1.29, 1.82) is 0 Å². The van der Waals surface area contributed by atoms with Crippen molar-refractivity contribution in [2.45, 2.75) is 10.3 Å². The number of aromatic nitrogens is 4. The molecule has 0 aromatic carbocycles. The van der Waals surface area contributed by atoms with Crippen molar-refractivity contribution >= 4 is 61.7 Å². The van der Waals surface area contributed by atoms with Crippen molar-refractivity contribution < 1.29 is 8.83 Å². The van der Waals surface area contributed by atoms with E-state index in [1.54, 1.807) is 24.5 Å². The molecule has 4 rings (SSSR count). The Bertz CT molecular complexity index is 1230. The molecule has 11 heteroatoms. The summed E-state index contributed by atoms with van der Waals surface area (Å²) >= 11 is 5.89. The average Bonchev–Trinajstić information content (AvgIpc) is 2.68. The van der Waals surface area contributed by atoms with Gasteiger partial charge < -0.3 is 8.83 Å². The predicted molar refractivity (Wildman–Crippen MR) is 107 cm³/mol. The summed E-state index contributed by atoms with van der Waals surface area (Å²) < 4.78 is 10.2. The van der Waals surface area contributed by atoms with Crippen molar-refractivity contribution in [3.63, 3.8) is 0 Å². The highest BCUT2D eigenvalue weighted by atomic mass is 79.9. The van der Waals surface area contributed by atoms with Crippen LogP contribution in [0.1, 0.15) is 0 Å². The lowest BCUT2D eigenvalue weighted by Crippen LogP contribution is -2.00. The Morgan fingerprint density at radius 1 is 0.889 bits per heavy atom. The topological polar surface area (TPSA) is 112 Å². The van der Waals surface area contributed by atoms with Crippen LogP contribution < -0.4 is 11.3 Å². The van der Waals surface area contributed by atoms with Crippen molar-refractivity contribution in [2.75, 3.05) is 12.5 Å². The van der Waals surface area contributed by atoms with Gasteiger partial charge in [0.25, 0.3) is 0 Å². The van der Waals surface area contributed by atoms with Crippen LogP contribution in [0.4, 0.5) is 0 Å². The van der Waals surface area contributed by atoms with E-state index in [9.17, 15) is 9.59 Å². The van der Waals surface area contributed by atoms with E-state index in [-0.39, 0.29) is 0 Å². The molecule has 4 heterocycles. The molecule has 0 aliphatic rings. The predicted octanol–water partition coefficient (Wildman–Crippen LogP) is 3.37. The lowest BCUT2D eigenvalue weighted by Gasteiger charge is -1.97. The maximum atomic E-state index is 11.2. The molecule has 138 valence electrons. The highest BCUT2D eigenvalue weighted by Crippen LogP contribution is 2.16. The molecule has 0 fully saturated rings. The van der Waals surface area contributed by atoms with Crippen LogP contribution in [0, 0.1) is 0 Å². The molecule has 0 amide bonds. The smallest absolute Gasteiger partial charge is 0.352 e.